The zero-order valence-corrected chi connectivity index (χ0v) is 23.0. The first-order chi connectivity index (χ1) is 18.6. The zero-order valence-electron chi connectivity index (χ0n) is 22.3. The summed E-state index contributed by atoms with van der Waals surface area (Å²) in [6, 6.07) is 7.30. The van der Waals surface area contributed by atoms with Crippen LogP contribution >= 0.6 is 11.6 Å². The first-order valence-corrected chi connectivity index (χ1v) is 13.0. The molecule has 0 aromatic heterocycles. The van der Waals surface area contributed by atoms with E-state index in [2.05, 4.69) is 10.6 Å². The Morgan fingerprint density at radius 3 is 2.64 bits per heavy atom. The molecule has 0 radical (unpaired) electrons. The minimum atomic E-state index is -0.378. The summed E-state index contributed by atoms with van der Waals surface area (Å²) < 4.78 is 16.0. The summed E-state index contributed by atoms with van der Waals surface area (Å²) in [6.45, 7) is 3.25. The Morgan fingerprint density at radius 1 is 1.21 bits per heavy atom. The fourth-order valence-corrected chi connectivity index (χ4v) is 4.47. The number of halogens is 1. The van der Waals surface area contributed by atoms with Crippen molar-refractivity contribution in [3.63, 3.8) is 0 Å². The van der Waals surface area contributed by atoms with Gasteiger partial charge in [0, 0.05) is 26.3 Å². The van der Waals surface area contributed by atoms with Gasteiger partial charge in [-0.3, -0.25) is 19.3 Å². The van der Waals surface area contributed by atoms with E-state index in [0.29, 0.717) is 43.1 Å². The van der Waals surface area contributed by atoms with E-state index in [0.717, 1.165) is 6.42 Å². The molecule has 5 N–H and O–H groups in total. The summed E-state index contributed by atoms with van der Waals surface area (Å²) in [6.07, 6.45) is 0.930. The lowest BCUT2D eigenvalue weighted by Crippen LogP contribution is -2.55. The average molecular weight is 563 g/mol. The number of hydrogen-bond donors (Lipinski definition) is 4. The number of rotatable bonds is 11. The van der Waals surface area contributed by atoms with Crippen LogP contribution < -0.4 is 21.1 Å². The Balaban J connectivity index is 1.54. The minimum Gasteiger partial charge on any atom is -0.506 e. The summed E-state index contributed by atoms with van der Waals surface area (Å²) in [5.41, 5.74) is 7.20. The number of carbonyl (C=O) groups excluding carboxylic acids is 3. The quantitative estimate of drug-likeness (QED) is 0.184. The van der Waals surface area contributed by atoms with Crippen LogP contribution in [0.5, 0.6) is 11.5 Å². The van der Waals surface area contributed by atoms with E-state index in [-0.39, 0.29) is 64.9 Å². The van der Waals surface area contributed by atoms with Gasteiger partial charge in [0.05, 0.1) is 60.8 Å². The molecule has 11 nitrogen and oxygen atoms in total. The number of phenolic OH excluding ortho intramolecular Hbond substituents is 1. The Bertz CT molecular complexity index is 1190. The lowest BCUT2D eigenvalue weighted by Gasteiger charge is -2.37. The first kappa shape index (κ1) is 30.0. The summed E-state index contributed by atoms with van der Waals surface area (Å²) in [5, 5.41) is 16.3. The fraction of sp³-hybridized carbons (Fsp3) is 0.444. The maximum Gasteiger partial charge on any atom is 0.310 e. The highest BCUT2D eigenvalue weighted by Gasteiger charge is 2.32. The molecule has 0 bridgehead atoms. The molecule has 2 atom stereocenters. The van der Waals surface area contributed by atoms with E-state index in [9.17, 15) is 19.5 Å². The first-order valence-electron chi connectivity index (χ1n) is 12.6. The van der Waals surface area contributed by atoms with E-state index in [4.69, 9.17) is 31.5 Å². The van der Waals surface area contributed by atoms with E-state index < -0.39 is 0 Å². The minimum absolute atomic E-state index is 0.0316. The number of ether oxygens (including phenoxy) is 3. The van der Waals surface area contributed by atoms with Crippen LogP contribution in [0.3, 0.4) is 0 Å². The number of piperidine rings is 1. The molecule has 0 saturated carbocycles. The third-order valence-corrected chi connectivity index (χ3v) is 6.67. The molecule has 1 saturated heterocycles. The summed E-state index contributed by atoms with van der Waals surface area (Å²) in [7, 11) is 2.99. The molecule has 1 heterocycles. The van der Waals surface area contributed by atoms with Gasteiger partial charge in [0.1, 0.15) is 11.5 Å². The summed E-state index contributed by atoms with van der Waals surface area (Å²) in [4.78, 5) is 39.4. The van der Waals surface area contributed by atoms with Crippen LogP contribution in [0.2, 0.25) is 5.02 Å². The molecule has 12 heteroatoms. The second-order valence-electron chi connectivity index (χ2n) is 9.25. The molecule has 3 rings (SSSR count). The highest BCUT2D eigenvalue weighted by molar-refractivity contribution is 6.33. The fourth-order valence-electron chi connectivity index (χ4n) is 4.31. The number of amides is 2. The topological polar surface area (TPSA) is 152 Å². The highest BCUT2D eigenvalue weighted by Crippen LogP contribution is 2.29. The van der Waals surface area contributed by atoms with Crippen molar-refractivity contribution in [3.8, 4) is 11.5 Å². The number of likely N-dealkylation sites (tertiary alicyclic amines) is 1. The van der Waals surface area contributed by atoms with E-state index in [1.165, 1.54) is 25.3 Å². The van der Waals surface area contributed by atoms with Crippen molar-refractivity contribution >= 4 is 40.8 Å². The Hall–Kier alpha value is -3.54. The lowest BCUT2D eigenvalue weighted by atomic mass is 10.0. The predicted octanol–water partition coefficient (Wildman–Crippen LogP) is 2.59. The monoisotopic (exact) mass is 562 g/mol. The van der Waals surface area contributed by atoms with Gasteiger partial charge in [-0.15, -0.1) is 0 Å². The van der Waals surface area contributed by atoms with Gasteiger partial charge in [-0.1, -0.05) is 24.6 Å². The van der Waals surface area contributed by atoms with Crippen molar-refractivity contribution in [3.05, 3.63) is 46.5 Å². The Morgan fingerprint density at radius 2 is 1.97 bits per heavy atom. The van der Waals surface area contributed by atoms with Crippen LogP contribution in [0.25, 0.3) is 0 Å². The van der Waals surface area contributed by atoms with Crippen molar-refractivity contribution in [2.45, 2.75) is 38.3 Å². The maximum absolute atomic E-state index is 13.0. The SMILES string of the molecule is CCCOC(=O)Cc1ccc(NC(=O)CN2CC[C@@H](NC(=O)c3cc(Cl)c(N)cc3OC)[C@@H](OC)C2)c(O)c1. The third-order valence-electron chi connectivity index (χ3n) is 6.35. The van der Waals surface area contributed by atoms with Gasteiger partial charge in [-0.05, 0) is 36.6 Å². The summed E-state index contributed by atoms with van der Waals surface area (Å²) >= 11 is 6.10. The van der Waals surface area contributed by atoms with Crippen LogP contribution in [-0.2, 0) is 25.5 Å². The number of esters is 1. The highest BCUT2D eigenvalue weighted by atomic mass is 35.5. The molecule has 1 aliphatic heterocycles. The molecule has 0 unspecified atom stereocenters. The van der Waals surface area contributed by atoms with Crippen molar-refractivity contribution in [2.24, 2.45) is 0 Å². The van der Waals surface area contributed by atoms with Crippen molar-refractivity contribution in [1.82, 2.24) is 10.2 Å². The number of carbonyl (C=O) groups is 3. The number of anilines is 2. The van der Waals surface area contributed by atoms with E-state index >= 15 is 0 Å². The molecule has 0 aliphatic carbocycles. The number of aromatic hydroxyl groups is 1. The molecule has 39 heavy (non-hydrogen) atoms. The van der Waals surface area contributed by atoms with Crippen LogP contribution in [0.15, 0.2) is 30.3 Å². The van der Waals surface area contributed by atoms with Gasteiger partial charge in [0.25, 0.3) is 5.91 Å². The molecular formula is C27H35ClN4O7. The van der Waals surface area contributed by atoms with Crippen molar-refractivity contribution in [2.75, 3.05) is 51.5 Å². The van der Waals surface area contributed by atoms with Crippen LogP contribution in [0.4, 0.5) is 11.4 Å². The molecular weight excluding hydrogens is 528 g/mol. The molecule has 2 aromatic carbocycles. The van der Waals surface area contributed by atoms with E-state index in [1.54, 1.807) is 19.2 Å². The smallest absolute Gasteiger partial charge is 0.310 e. The number of nitrogen functional groups attached to an aromatic ring is 1. The van der Waals surface area contributed by atoms with Gasteiger partial charge in [0.15, 0.2) is 0 Å². The largest absolute Gasteiger partial charge is 0.506 e. The number of nitrogens with one attached hydrogen (secondary N) is 2. The summed E-state index contributed by atoms with van der Waals surface area (Å²) in [5.74, 6) is -0.899. The van der Waals surface area contributed by atoms with Crippen molar-refractivity contribution < 1.29 is 33.7 Å². The van der Waals surface area contributed by atoms with Crippen LogP contribution in [-0.4, -0.2) is 80.4 Å². The van der Waals surface area contributed by atoms with Gasteiger partial charge >= 0.3 is 5.97 Å². The van der Waals surface area contributed by atoms with E-state index in [1.807, 2.05) is 11.8 Å². The predicted molar refractivity (Wildman–Crippen MR) is 147 cm³/mol. The molecule has 212 valence electrons. The molecule has 2 amide bonds. The van der Waals surface area contributed by atoms with Gasteiger partial charge in [0.2, 0.25) is 5.91 Å². The second-order valence-corrected chi connectivity index (χ2v) is 9.66. The molecule has 2 aromatic rings. The molecule has 1 aliphatic rings. The number of nitrogens with two attached hydrogens (primary N) is 1. The third kappa shape index (κ3) is 8.22. The van der Waals surface area contributed by atoms with Gasteiger partial charge in [-0.25, -0.2) is 0 Å². The second kappa shape index (κ2) is 14.0. The maximum atomic E-state index is 13.0. The standard InChI is InChI=1S/C27H35ClN4O7/c1-4-9-39-26(35)11-16-5-6-20(22(33)10-16)30-25(34)15-32-8-7-21(24(14-32)38-3)31-27(36)17-12-18(28)19(29)13-23(17)37-2/h5-6,10,12-13,21,24,33H,4,7-9,11,14-15,29H2,1-3H3,(H,30,34)(H,31,36)/t21-,24+/m1/s1. The lowest BCUT2D eigenvalue weighted by molar-refractivity contribution is -0.142. The van der Waals surface area contributed by atoms with Crippen LogP contribution in [0.1, 0.15) is 35.7 Å². The zero-order chi connectivity index (χ0) is 28.5. The Kier molecular flexibility index (Phi) is 10.8. The number of hydrogen-bond acceptors (Lipinski definition) is 9. The number of nitrogens with zero attached hydrogens (tertiary/aromatic N) is 1. The number of benzene rings is 2. The molecule has 1 fully saturated rings. The Labute approximate surface area is 232 Å². The van der Waals surface area contributed by atoms with Gasteiger partial charge in [-0.2, -0.15) is 0 Å². The average Bonchev–Trinajstić information content (AvgIpc) is 2.91. The normalized spacial score (nSPS) is 17.3. The van der Waals surface area contributed by atoms with Crippen molar-refractivity contribution in [1.29, 1.82) is 0 Å². The number of phenols is 1. The van der Waals surface area contributed by atoms with Gasteiger partial charge < -0.3 is 35.7 Å². The number of methoxy groups -OCH3 is 2. The molecule has 0 spiro atoms. The van der Waals surface area contributed by atoms with Crippen LogP contribution in [0, 0.1) is 0 Å².